The summed E-state index contributed by atoms with van der Waals surface area (Å²) in [6.07, 6.45) is 1.99. The molecule has 0 unspecified atom stereocenters. The second-order valence-electron chi connectivity index (χ2n) is 10.1. The van der Waals surface area contributed by atoms with Gasteiger partial charge in [0.05, 0.1) is 5.69 Å². The molecule has 0 bridgehead atoms. The van der Waals surface area contributed by atoms with Crippen molar-refractivity contribution in [3.05, 3.63) is 127 Å². The van der Waals surface area contributed by atoms with Crippen LogP contribution >= 0.6 is 0 Å². The Morgan fingerprint density at radius 2 is 1.20 bits per heavy atom. The van der Waals surface area contributed by atoms with Crippen molar-refractivity contribution >= 4 is 21.5 Å². The Labute approximate surface area is 205 Å². The van der Waals surface area contributed by atoms with E-state index in [9.17, 15) is 0 Å². The van der Waals surface area contributed by atoms with Crippen LogP contribution in [0, 0.1) is 0 Å². The molecule has 0 fully saturated rings. The van der Waals surface area contributed by atoms with Gasteiger partial charge in [-0.3, -0.25) is 4.98 Å². The van der Waals surface area contributed by atoms with Gasteiger partial charge < -0.3 is 0 Å². The quantitative estimate of drug-likeness (QED) is 0.241. The lowest BCUT2D eigenvalue weighted by atomic mass is 9.81. The number of pyridine rings is 1. The van der Waals surface area contributed by atoms with Crippen LogP contribution in [0.25, 0.3) is 55.1 Å². The van der Waals surface area contributed by atoms with Gasteiger partial charge in [0.25, 0.3) is 0 Å². The second-order valence-corrected chi connectivity index (χ2v) is 10.1. The average molecular weight is 448 g/mol. The van der Waals surface area contributed by atoms with Crippen LogP contribution in [0.5, 0.6) is 0 Å². The van der Waals surface area contributed by atoms with Crippen molar-refractivity contribution in [2.24, 2.45) is 0 Å². The molecule has 166 valence electrons. The monoisotopic (exact) mass is 447 g/mol. The summed E-state index contributed by atoms with van der Waals surface area (Å²) in [4.78, 5) is 4.78. The number of nitrogens with zero attached hydrogens (tertiary/aromatic N) is 1. The molecule has 1 aliphatic rings. The summed E-state index contributed by atoms with van der Waals surface area (Å²) >= 11 is 0. The topological polar surface area (TPSA) is 12.9 Å². The molecular formula is C34H25N. The molecule has 0 N–H and O–H groups in total. The molecular weight excluding hydrogens is 422 g/mol. The van der Waals surface area contributed by atoms with Crippen molar-refractivity contribution in [2.75, 3.05) is 0 Å². The molecule has 0 aliphatic heterocycles. The van der Waals surface area contributed by atoms with E-state index in [0.717, 1.165) is 11.3 Å². The van der Waals surface area contributed by atoms with Crippen LogP contribution in [-0.4, -0.2) is 4.98 Å². The maximum absolute atomic E-state index is 4.78. The minimum Gasteiger partial charge on any atom is -0.256 e. The standard InChI is InChI=1S/C34H25N/c1-34(2)31-10-6-5-9-28(31)29-18-17-25(19-32(29)34)22-11-14-24(15-12-22)33-20-30-26(21-35-33)16-13-23-7-3-4-8-27(23)30/h3-21H,1-2H3. The number of rotatable bonds is 2. The summed E-state index contributed by atoms with van der Waals surface area (Å²) in [5.74, 6) is 0. The highest BCUT2D eigenvalue weighted by Gasteiger charge is 2.35. The molecule has 0 saturated heterocycles. The molecule has 0 amide bonds. The van der Waals surface area contributed by atoms with Gasteiger partial charge in [0, 0.05) is 22.6 Å². The lowest BCUT2D eigenvalue weighted by Gasteiger charge is -2.22. The highest BCUT2D eigenvalue weighted by atomic mass is 14.7. The van der Waals surface area contributed by atoms with E-state index in [4.69, 9.17) is 4.98 Å². The number of hydrogen-bond acceptors (Lipinski definition) is 1. The Morgan fingerprint density at radius 1 is 0.514 bits per heavy atom. The molecule has 1 heterocycles. The van der Waals surface area contributed by atoms with Gasteiger partial charge in [0.1, 0.15) is 0 Å². The Bertz CT molecular complexity index is 1760. The predicted octanol–water partition coefficient (Wildman–Crippen LogP) is 9.03. The third-order valence-electron chi connectivity index (χ3n) is 7.73. The van der Waals surface area contributed by atoms with Crippen LogP contribution in [-0.2, 0) is 5.41 Å². The van der Waals surface area contributed by atoms with E-state index >= 15 is 0 Å². The summed E-state index contributed by atoms with van der Waals surface area (Å²) in [6.45, 7) is 4.67. The number of aromatic nitrogens is 1. The number of hydrogen-bond donors (Lipinski definition) is 0. The molecule has 0 radical (unpaired) electrons. The molecule has 0 saturated carbocycles. The minimum absolute atomic E-state index is 0.0136. The highest BCUT2D eigenvalue weighted by Crippen LogP contribution is 2.49. The minimum atomic E-state index is 0.0136. The van der Waals surface area contributed by atoms with Crippen molar-refractivity contribution < 1.29 is 0 Å². The van der Waals surface area contributed by atoms with Gasteiger partial charge in [-0.05, 0) is 61.7 Å². The molecule has 0 atom stereocenters. The van der Waals surface area contributed by atoms with Crippen LogP contribution in [0.4, 0.5) is 0 Å². The zero-order valence-electron chi connectivity index (χ0n) is 19.9. The molecule has 35 heavy (non-hydrogen) atoms. The first kappa shape index (κ1) is 20.2. The van der Waals surface area contributed by atoms with Gasteiger partial charge in [0.15, 0.2) is 0 Å². The summed E-state index contributed by atoms with van der Waals surface area (Å²) in [5, 5.41) is 4.95. The number of benzene rings is 5. The Balaban J connectivity index is 1.27. The fourth-order valence-electron chi connectivity index (χ4n) is 5.77. The first-order valence-corrected chi connectivity index (χ1v) is 12.2. The average Bonchev–Trinajstić information content (AvgIpc) is 3.15. The molecule has 1 aromatic heterocycles. The van der Waals surface area contributed by atoms with E-state index in [1.165, 1.54) is 54.9 Å². The normalized spacial score (nSPS) is 13.7. The maximum atomic E-state index is 4.78. The van der Waals surface area contributed by atoms with E-state index < -0.39 is 0 Å². The van der Waals surface area contributed by atoms with E-state index in [1.54, 1.807) is 0 Å². The lowest BCUT2D eigenvalue weighted by Crippen LogP contribution is -2.14. The predicted molar refractivity (Wildman–Crippen MR) is 148 cm³/mol. The fraction of sp³-hybridized carbons (Fsp3) is 0.0882. The van der Waals surface area contributed by atoms with Crippen molar-refractivity contribution in [1.82, 2.24) is 4.98 Å². The van der Waals surface area contributed by atoms with Crippen LogP contribution in [0.2, 0.25) is 0 Å². The van der Waals surface area contributed by atoms with Crippen molar-refractivity contribution in [2.45, 2.75) is 19.3 Å². The fourth-order valence-corrected chi connectivity index (χ4v) is 5.77. The third kappa shape index (κ3) is 3.05. The molecule has 5 aromatic carbocycles. The lowest BCUT2D eigenvalue weighted by molar-refractivity contribution is 0.660. The molecule has 6 aromatic rings. The highest BCUT2D eigenvalue weighted by molar-refractivity contribution is 6.08. The largest absolute Gasteiger partial charge is 0.256 e. The zero-order chi connectivity index (χ0) is 23.6. The van der Waals surface area contributed by atoms with E-state index in [-0.39, 0.29) is 5.41 Å². The molecule has 7 rings (SSSR count). The first-order chi connectivity index (χ1) is 17.1. The third-order valence-corrected chi connectivity index (χ3v) is 7.73. The SMILES string of the molecule is CC1(C)c2ccccc2-c2ccc(-c3ccc(-c4cc5c(ccc6ccccc65)cn4)cc3)cc21. The summed E-state index contributed by atoms with van der Waals surface area (Å²) in [5.41, 5.74) is 10.2. The van der Waals surface area contributed by atoms with Gasteiger partial charge >= 0.3 is 0 Å². The van der Waals surface area contributed by atoms with Crippen molar-refractivity contribution in [3.8, 4) is 33.5 Å². The van der Waals surface area contributed by atoms with Gasteiger partial charge in [-0.1, -0.05) is 111 Å². The second kappa shape index (κ2) is 7.38. The van der Waals surface area contributed by atoms with E-state index in [2.05, 4.69) is 123 Å². The Morgan fingerprint density at radius 3 is 2.09 bits per heavy atom. The van der Waals surface area contributed by atoms with Gasteiger partial charge in [-0.15, -0.1) is 0 Å². The van der Waals surface area contributed by atoms with Gasteiger partial charge in [-0.2, -0.15) is 0 Å². The van der Waals surface area contributed by atoms with Crippen LogP contribution < -0.4 is 0 Å². The van der Waals surface area contributed by atoms with Crippen LogP contribution in [0.1, 0.15) is 25.0 Å². The molecule has 0 spiro atoms. The number of fused-ring (bicyclic) bond motifs is 6. The summed E-state index contributed by atoms with van der Waals surface area (Å²) in [6, 6.07) is 39.7. The smallest absolute Gasteiger partial charge is 0.0708 e. The summed E-state index contributed by atoms with van der Waals surface area (Å²) < 4.78 is 0. The Kier molecular flexibility index (Phi) is 4.25. The van der Waals surface area contributed by atoms with Gasteiger partial charge in [-0.25, -0.2) is 0 Å². The van der Waals surface area contributed by atoms with Gasteiger partial charge in [0.2, 0.25) is 0 Å². The maximum Gasteiger partial charge on any atom is 0.0708 e. The van der Waals surface area contributed by atoms with E-state index in [0.29, 0.717) is 0 Å². The molecule has 1 aliphatic carbocycles. The Hall–Kier alpha value is -4.23. The van der Waals surface area contributed by atoms with E-state index in [1.807, 2.05) is 6.20 Å². The van der Waals surface area contributed by atoms with Crippen LogP contribution in [0.3, 0.4) is 0 Å². The van der Waals surface area contributed by atoms with Crippen LogP contribution in [0.15, 0.2) is 115 Å². The zero-order valence-corrected chi connectivity index (χ0v) is 19.9. The first-order valence-electron chi connectivity index (χ1n) is 12.2. The summed E-state index contributed by atoms with van der Waals surface area (Å²) in [7, 11) is 0. The van der Waals surface area contributed by atoms with Crippen molar-refractivity contribution in [1.29, 1.82) is 0 Å². The molecule has 1 nitrogen and oxygen atoms in total. The van der Waals surface area contributed by atoms with Crippen molar-refractivity contribution in [3.63, 3.8) is 0 Å². The molecule has 1 heteroatoms.